The molecule has 0 bridgehead atoms. The SMILES string of the molecule is COc1ccc(N2CCN(C3CC(=O)N(c4ccccc4C)C(=O)N3)CC2)cc1. The van der Waals surface area contributed by atoms with Gasteiger partial charge in [0.05, 0.1) is 25.4 Å². The van der Waals surface area contributed by atoms with E-state index in [0.29, 0.717) is 5.69 Å². The molecule has 2 aliphatic rings. The zero-order valence-electron chi connectivity index (χ0n) is 16.8. The van der Waals surface area contributed by atoms with Gasteiger partial charge in [-0.2, -0.15) is 0 Å². The number of nitrogens with zero attached hydrogens (tertiary/aromatic N) is 3. The minimum Gasteiger partial charge on any atom is -0.497 e. The number of benzene rings is 2. The van der Waals surface area contributed by atoms with E-state index in [1.165, 1.54) is 4.90 Å². The quantitative estimate of drug-likeness (QED) is 0.864. The Morgan fingerprint density at radius 2 is 1.66 bits per heavy atom. The molecule has 29 heavy (non-hydrogen) atoms. The molecule has 2 aliphatic heterocycles. The zero-order chi connectivity index (χ0) is 20.4. The summed E-state index contributed by atoms with van der Waals surface area (Å²) in [5.41, 5.74) is 2.71. The van der Waals surface area contributed by atoms with E-state index in [1.807, 2.05) is 37.3 Å². The van der Waals surface area contributed by atoms with Crippen molar-refractivity contribution >= 4 is 23.3 Å². The fourth-order valence-corrected chi connectivity index (χ4v) is 3.99. The molecule has 4 rings (SSSR count). The number of imide groups is 1. The topological polar surface area (TPSA) is 65.1 Å². The van der Waals surface area contributed by atoms with E-state index < -0.39 is 0 Å². The van der Waals surface area contributed by atoms with E-state index in [0.717, 1.165) is 43.2 Å². The molecule has 3 amide bonds. The van der Waals surface area contributed by atoms with Gasteiger partial charge in [-0.3, -0.25) is 9.69 Å². The van der Waals surface area contributed by atoms with Crippen LogP contribution in [0.4, 0.5) is 16.2 Å². The Labute approximate surface area is 170 Å². The number of nitrogens with one attached hydrogen (secondary N) is 1. The molecular formula is C22H26N4O3. The maximum absolute atomic E-state index is 12.8. The number of anilines is 2. The molecule has 1 atom stereocenters. The number of carbonyl (C=O) groups excluding carboxylic acids is 2. The van der Waals surface area contributed by atoms with Gasteiger partial charge in [-0.1, -0.05) is 18.2 Å². The number of methoxy groups -OCH3 is 1. The highest BCUT2D eigenvalue weighted by Gasteiger charge is 2.37. The van der Waals surface area contributed by atoms with Crippen molar-refractivity contribution in [2.45, 2.75) is 19.5 Å². The third kappa shape index (κ3) is 3.91. The highest BCUT2D eigenvalue weighted by atomic mass is 16.5. The number of aryl methyl sites for hydroxylation is 1. The molecule has 2 fully saturated rings. The number of rotatable bonds is 4. The van der Waals surface area contributed by atoms with E-state index in [4.69, 9.17) is 4.74 Å². The normalized spacial score (nSPS) is 20.6. The number of carbonyl (C=O) groups is 2. The van der Waals surface area contributed by atoms with Gasteiger partial charge in [-0.15, -0.1) is 0 Å². The van der Waals surface area contributed by atoms with Crippen molar-refractivity contribution in [3.8, 4) is 5.75 Å². The van der Waals surface area contributed by atoms with Gasteiger partial charge < -0.3 is 15.0 Å². The smallest absolute Gasteiger partial charge is 0.330 e. The minimum atomic E-state index is -0.349. The number of hydrogen-bond donors (Lipinski definition) is 1. The van der Waals surface area contributed by atoms with E-state index in [2.05, 4.69) is 27.2 Å². The van der Waals surface area contributed by atoms with Gasteiger partial charge in [0.25, 0.3) is 0 Å². The van der Waals surface area contributed by atoms with Crippen LogP contribution >= 0.6 is 0 Å². The maximum atomic E-state index is 12.8. The van der Waals surface area contributed by atoms with Gasteiger partial charge in [0, 0.05) is 31.9 Å². The fourth-order valence-electron chi connectivity index (χ4n) is 3.99. The predicted octanol–water partition coefficient (Wildman–Crippen LogP) is 2.60. The number of hydrogen-bond acceptors (Lipinski definition) is 5. The molecule has 1 N–H and O–H groups in total. The van der Waals surface area contributed by atoms with Crippen LogP contribution in [-0.2, 0) is 4.79 Å². The number of urea groups is 1. The molecular weight excluding hydrogens is 368 g/mol. The van der Waals surface area contributed by atoms with Crippen LogP contribution in [-0.4, -0.2) is 56.3 Å². The van der Waals surface area contributed by atoms with Gasteiger partial charge >= 0.3 is 6.03 Å². The van der Waals surface area contributed by atoms with Gasteiger partial charge in [-0.25, -0.2) is 9.69 Å². The highest BCUT2D eigenvalue weighted by molar-refractivity contribution is 6.16. The Balaban J connectivity index is 1.38. The summed E-state index contributed by atoms with van der Waals surface area (Å²) in [5.74, 6) is 0.680. The second-order valence-electron chi connectivity index (χ2n) is 7.41. The number of piperazine rings is 1. The molecule has 2 aromatic carbocycles. The summed E-state index contributed by atoms with van der Waals surface area (Å²) in [4.78, 5) is 31.2. The van der Waals surface area contributed by atoms with E-state index in [9.17, 15) is 9.59 Å². The lowest BCUT2D eigenvalue weighted by Gasteiger charge is -2.42. The third-order valence-corrected chi connectivity index (χ3v) is 5.66. The van der Waals surface area contributed by atoms with Crippen molar-refractivity contribution in [1.29, 1.82) is 0 Å². The molecule has 0 saturated carbocycles. The molecule has 0 aliphatic carbocycles. The zero-order valence-corrected chi connectivity index (χ0v) is 16.8. The van der Waals surface area contributed by atoms with Crippen LogP contribution in [0, 0.1) is 6.92 Å². The van der Waals surface area contributed by atoms with Gasteiger partial charge in [0.15, 0.2) is 0 Å². The lowest BCUT2D eigenvalue weighted by molar-refractivity contribution is -0.120. The summed E-state index contributed by atoms with van der Waals surface area (Å²) in [6, 6.07) is 15.1. The average molecular weight is 394 g/mol. The summed E-state index contributed by atoms with van der Waals surface area (Å²) >= 11 is 0. The molecule has 2 aromatic rings. The molecule has 0 spiro atoms. The van der Waals surface area contributed by atoms with Crippen LogP contribution in [0.5, 0.6) is 5.75 Å². The largest absolute Gasteiger partial charge is 0.497 e. The number of ether oxygens (including phenoxy) is 1. The van der Waals surface area contributed by atoms with Crippen molar-refractivity contribution in [2.24, 2.45) is 0 Å². The Hall–Kier alpha value is -3.06. The first-order valence-corrected chi connectivity index (χ1v) is 9.89. The van der Waals surface area contributed by atoms with Crippen LogP contribution in [0.15, 0.2) is 48.5 Å². The van der Waals surface area contributed by atoms with Gasteiger partial charge in [-0.05, 0) is 42.8 Å². The summed E-state index contributed by atoms with van der Waals surface area (Å²) in [6.07, 6.45) is 0.0242. The van der Waals surface area contributed by atoms with Crippen molar-refractivity contribution in [1.82, 2.24) is 10.2 Å². The van der Waals surface area contributed by atoms with Crippen LogP contribution < -0.4 is 19.9 Å². The maximum Gasteiger partial charge on any atom is 0.330 e. The standard InChI is InChI=1S/C22H26N4O3/c1-16-5-3-4-6-19(16)26-21(27)15-20(23-22(26)28)25-13-11-24(12-14-25)17-7-9-18(29-2)10-8-17/h3-10,20H,11-15H2,1-2H3,(H,23,28). The molecule has 152 valence electrons. The first-order chi connectivity index (χ1) is 14.1. The predicted molar refractivity (Wildman–Crippen MR) is 112 cm³/mol. The summed E-state index contributed by atoms with van der Waals surface area (Å²) in [6.45, 7) is 5.16. The fraction of sp³-hybridized carbons (Fsp3) is 0.364. The summed E-state index contributed by atoms with van der Waals surface area (Å²) in [7, 11) is 1.66. The van der Waals surface area contributed by atoms with Gasteiger partial charge in [0.2, 0.25) is 5.91 Å². The molecule has 0 aromatic heterocycles. The molecule has 7 heteroatoms. The second kappa shape index (κ2) is 8.13. The lowest BCUT2D eigenvalue weighted by atomic mass is 10.1. The van der Waals surface area contributed by atoms with Crippen molar-refractivity contribution in [2.75, 3.05) is 43.1 Å². The van der Waals surface area contributed by atoms with Crippen molar-refractivity contribution in [3.63, 3.8) is 0 Å². The van der Waals surface area contributed by atoms with E-state index in [-0.39, 0.29) is 24.5 Å². The highest BCUT2D eigenvalue weighted by Crippen LogP contribution is 2.25. The Bertz CT molecular complexity index is 873. The molecule has 1 unspecified atom stereocenters. The van der Waals surface area contributed by atoms with Crippen molar-refractivity contribution in [3.05, 3.63) is 54.1 Å². The van der Waals surface area contributed by atoms with Crippen LogP contribution in [0.25, 0.3) is 0 Å². The number of para-hydroxylation sites is 1. The molecule has 2 heterocycles. The minimum absolute atomic E-state index is 0.161. The van der Waals surface area contributed by atoms with Crippen LogP contribution in [0.2, 0.25) is 0 Å². The van der Waals surface area contributed by atoms with Crippen LogP contribution in [0.1, 0.15) is 12.0 Å². The molecule has 7 nitrogen and oxygen atoms in total. The monoisotopic (exact) mass is 394 g/mol. The Kier molecular flexibility index (Phi) is 5.40. The lowest BCUT2D eigenvalue weighted by Crippen LogP contribution is -2.63. The molecule has 2 saturated heterocycles. The van der Waals surface area contributed by atoms with Crippen molar-refractivity contribution < 1.29 is 14.3 Å². The van der Waals surface area contributed by atoms with E-state index in [1.54, 1.807) is 13.2 Å². The average Bonchev–Trinajstić information content (AvgIpc) is 2.75. The second-order valence-corrected chi connectivity index (χ2v) is 7.41. The van der Waals surface area contributed by atoms with Gasteiger partial charge in [0.1, 0.15) is 5.75 Å². The Morgan fingerprint density at radius 1 is 0.966 bits per heavy atom. The summed E-state index contributed by atoms with van der Waals surface area (Å²) < 4.78 is 5.22. The third-order valence-electron chi connectivity index (χ3n) is 5.66. The first kappa shape index (κ1) is 19.3. The molecule has 0 radical (unpaired) electrons. The van der Waals surface area contributed by atoms with E-state index >= 15 is 0 Å². The number of amides is 3. The first-order valence-electron chi connectivity index (χ1n) is 9.89. The Morgan fingerprint density at radius 3 is 2.28 bits per heavy atom. The van der Waals surface area contributed by atoms with Crippen LogP contribution in [0.3, 0.4) is 0 Å². The summed E-state index contributed by atoms with van der Waals surface area (Å²) in [5, 5.41) is 3.02.